The van der Waals surface area contributed by atoms with Crippen LogP contribution in [-0.4, -0.2) is 12.7 Å². The Labute approximate surface area is 125 Å². The molecule has 4 unspecified atom stereocenters. The molecule has 0 saturated heterocycles. The molecule has 1 aliphatic rings. The Bertz CT molecular complexity index is 452. The van der Waals surface area contributed by atoms with E-state index in [9.17, 15) is 8.78 Å². The fourth-order valence-electron chi connectivity index (χ4n) is 3.11. The molecule has 2 rings (SSSR count). The molecule has 0 amide bonds. The van der Waals surface area contributed by atoms with Gasteiger partial charge in [-0.1, -0.05) is 26.0 Å². The molecule has 0 aliphatic heterocycles. The maximum Gasteiger partial charge on any atom is 0.387 e. The van der Waals surface area contributed by atoms with Gasteiger partial charge in [0.05, 0.1) is 0 Å². The van der Waals surface area contributed by atoms with Gasteiger partial charge in [-0.15, -0.1) is 0 Å². The predicted molar refractivity (Wildman–Crippen MR) is 80.6 cm³/mol. The van der Waals surface area contributed by atoms with E-state index in [1.807, 2.05) is 6.07 Å². The number of alkyl halides is 2. The third-order valence-corrected chi connectivity index (χ3v) is 4.67. The first kappa shape index (κ1) is 16.2. The number of rotatable bonds is 5. The van der Waals surface area contributed by atoms with Crippen LogP contribution in [0.3, 0.4) is 0 Å². The zero-order valence-corrected chi connectivity index (χ0v) is 13.0. The molecule has 2 nitrogen and oxygen atoms in total. The normalized spacial score (nSPS) is 27.6. The molecule has 1 aromatic rings. The van der Waals surface area contributed by atoms with Crippen LogP contribution in [0.1, 0.15) is 51.6 Å². The van der Waals surface area contributed by atoms with Crippen LogP contribution in [0.25, 0.3) is 0 Å². The van der Waals surface area contributed by atoms with Crippen LogP contribution in [0.15, 0.2) is 24.3 Å². The minimum Gasteiger partial charge on any atom is -0.435 e. The van der Waals surface area contributed by atoms with E-state index in [0.29, 0.717) is 6.04 Å². The SMILES string of the molecule is CC(NC1CCC(C)C(C)C1)c1cccc(OC(F)F)c1. The van der Waals surface area contributed by atoms with Crippen LogP contribution in [0.2, 0.25) is 0 Å². The highest BCUT2D eigenvalue weighted by Crippen LogP contribution is 2.31. The molecule has 0 bridgehead atoms. The van der Waals surface area contributed by atoms with Crippen molar-refractivity contribution in [2.45, 2.75) is 58.7 Å². The van der Waals surface area contributed by atoms with Crippen molar-refractivity contribution in [3.05, 3.63) is 29.8 Å². The predicted octanol–water partition coefficient (Wildman–Crippen LogP) is 4.76. The summed E-state index contributed by atoms with van der Waals surface area (Å²) in [6, 6.07) is 7.61. The van der Waals surface area contributed by atoms with Crippen molar-refractivity contribution in [1.29, 1.82) is 0 Å². The number of benzene rings is 1. The van der Waals surface area contributed by atoms with E-state index in [1.54, 1.807) is 18.2 Å². The Morgan fingerprint density at radius 1 is 1.19 bits per heavy atom. The van der Waals surface area contributed by atoms with Gasteiger partial charge in [0.15, 0.2) is 0 Å². The van der Waals surface area contributed by atoms with Crippen molar-refractivity contribution in [2.24, 2.45) is 11.8 Å². The quantitative estimate of drug-likeness (QED) is 0.845. The van der Waals surface area contributed by atoms with E-state index in [4.69, 9.17) is 0 Å². The van der Waals surface area contributed by atoms with Crippen LogP contribution in [-0.2, 0) is 0 Å². The molecule has 1 aliphatic carbocycles. The summed E-state index contributed by atoms with van der Waals surface area (Å²) in [5, 5.41) is 3.62. The van der Waals surface area contributed by atoms with Crippen molar-refractivity contribution in [3.63, 3.8) is 0 Å². The highest BCUT2D eigenvalue weighted by atomic mass is 19.3. The van der Waals surface area contributed by atoms with Crippen LogP contribution in [0.4, 0.5) is 8.78 Å². The first-order chi connectivity index (χ1) is 9.95. The third-order valence-electron chi connectivity index (χ3n) is 4.67. The summed E-state index contributed by atoms with van der Waals surface area (Å²) >= 11 is 0. The average molecular weight is 297 g/mol. The fraction of sp³-hybridized carbons (Fsp3) is 0.647. The van der Waals surface area contributed by atoms with Crippen molar-refractivity contribution < 1.29 is 13.5 Å². The maximum atomic E-state index is 12.3. The molecule has 0 radical (unpaired) electrons. The molecular weight excluding hydrogens is 272 g/mol. The van der Waals surface area contributed by atoms with Gasteiger partial charge in [-0.3, -0.25) is 0 Å². The molecule has 0 aromatic heterocycles. The van der Waals surface area contributed by atoms with Crippen LogP contribution in [0.5, 0.6) is 5.75 Å². The zero-order chi connectivity index (χ0) is 15.4. The van der Waals surface area contributed by atoms with Gasteiger partial charge in [-0.05, 0) is 55.7 Å². The Hall–Kier alpha value is -1.16. The lowest BCUT2D eigenvalue weighted by Gasteiger charge is -2.34. The number of hydrogen-bond donors (Lipinski definition) is 1. The van der Waals surface area contributed by atoms with Gasteiger partial charge in [0.25, 0.3) is 0 Å². The first-order valence-electron chi connectivity index (χ1n) is 7.76. The fourth-order valence-corrected chi connectivity index (χ4v) is 3.11. The van der Waals surface area contributed by atoms with Crippen LogP contribution >= 0.6 is 0 Å². The third kappa shape index (κ3) is 4.67. The highest BCUT2D eigenvalue weighted by molar-refractivity contribution is 5.30. The van der Waals surface area contributed by atoms with Gasteiger partial charge < -0.3 is 10.1 Å². The van der Waals surface area contributed by atoms with Crippen molar-refractivity contribution >= 4 is 0 Å². The lowest BCUT2D eigenvalue weighted by molar-refractivity contribution is -0.0499. The molecule has 21 heavy (non-hydrogen) atoms. The van der Waals surface area contributed by atoms with Crippen molar-refractivity contribution in [1.82, 2.24) is 5.32 Å². The minimum absolute atomic E-state index is 0.136. The van der Waals surface area contributed by atoms with E-state index in [2.05, 4.69) is 30.8 Å². The summed E-state index contributed by atoms with van der Waals surface area (Å²) in [7, 11) is 0. The number of hydrogen-bond acceptors (Lipinski definition) is 2. The van der Waals surface area contributed by atoms with Gasteiger partial charge in [0.2, 0.25) is 0 Å². The molecular formula is C17H25F2NO. The molecule has 0 spiro atoms. The molecule has 4 atom stereocenters. The Balaban J connectivity index is 1.95. The largest absolute Gasteiger partial charge is 0.435 e. The van der Waals surface area contributed by atoms with Crippen LogP contribution in [0, 0.1) is 11.8 Å². The van der Waals surface area contributed by atoms with Crippen molar-refractivity contribution in [3.8, 4) is 5.75 Å². The van der Waals surface area contributed by atoms with Crippen LogP contribution < -0.4 is 10.1 Å². The van der Waals surface area contributed by atoms with E-state index in [0.717, 1.165) is 17.4 Å². The summed E-state index contributed by atoms with van der Waals surface area (Å²) in [5.74, 6) is 1.75. The Kier molecular flexibility index (Phi) is 5.57. The molecule has 1 aromatic carbocycles. The number of halogens is 2. The second-order valence-corrected chi connectivity index (χ2v) is 6.30. The van der Waals surface area contributed by atoms with E-state index in [-0.39, 0.29) is 11.8 Å². The topological polar surface area (TPSA) is 21.3 Å². The lowest BCUT2D eigenvalue weighted by Crippen LogP contribution is -2.37. The second-order valence-electron chi connectivity index (χ2n) is 6.30. The molecule has 118 valence electrons. The van der Waals surface area contributed by atoms with Gasteiger partial charge >= 0.3 is 6.61 Å². The first-order valence-corrected chi connectivity index (χ1v) is 7.76. The summed E-state index contributed by atoms with van der Waals surface area (Å²) in [6.07, 6.45) is 3.61. The van der Waals surface area contributed by atoms with Gasteiger partial charge in [-0.2, -0.15) is 8.78 Å². The smallest absolute Gasteiger partial charge is 0.387 e. The summed E-state index contributed by atoms with van der Waals surface area (Å²) in [6.45, 7) is 3.92. The van der Waals surface area contributed by atoms with E-state index >= 15 is 0 Å². The van der Waals surface area contributed by atoms with Gasteiger partial charge in [0, 0.05) is 12.1 Å². The summed E-state index contributed by atoms with van der Waals surface area (Å²) < 4.78 is 29.0. The number of ether oxygens (including phenoxy) is 1. The Morgan fingerprint density at radius 2 is 1.95 bits per heavy atom. The highest BCUT2D eigenvalue weighted by Gasteiger charge is 2.25. The standard InChI is InChI=1S/C17H25F2NO/c1-11-7-8-15(9-12(11)2)20-13(3)14-5-4-6-16(10-14)21-17(18)19/h4-6,10-13,15,17,20H,7-9H2,1-3H3. The molecule has 0 heterocycles. The molecule has 1 N–H and O–H groups in total. The molecule has 4 heteroatoms. The minimum atomic E-state index is -2.77. The molecule has 1 fully saturated rings. The summed E-state index contributed by atoms with van der Waals surface area (Å²) in [4.78, 5) is 0. The maximum absolute atomic E-state index is 12.3. The van der Waals surface area contributed by atoms with E-state index in [1.165, 1.54) is 19.3 Å². The van der Waals surface area contributed by atoms with Gasteiger partial charge in [0.1, 0.15) is 5.75 Å². The van der Waals surface area contributed by atoms with Gasteiger partial charge in [-0.25, -0.2) is 0 Å². The molecule has 1 saturated carbocycles. The van der Waals surface area contributed by atoms with E-state index < -0.39 is 6.61 Å². The zero-order valence-electron chi connectivity index (χ0n) is 13.0. The average Bonchev–Trinajstić information content (AvgIpc) is 2.42. The number of nitrogens with one attached hydrogen (secondary N) is 1. The lowest BCUT2D eigenvalue weighted by atomic mass is 9.79. The monoisotopic (exact) mass is 297 g/mol. The Morgan fingerprint density at radius 3 is 2.62 bits per heavy atom. The summed E-state index contributed by atoms with van der Waals surface area (Å²) in [5.41, 5.74) is 0.986. The second kappa shape index (κ2) is 7.21. The van der Waals surface area contributed by atoms with Crippen molar-refractivity contribution in [2.75, 3.05) is 0 Å².